The van der Waals surface area contributed by atoms with Gasteiger partial charge in [-0.25, -0.2) is 4.79 Å². The Balaban J connectivity index is 1.81. The molecular weight excluding hydrogens is 370 g/mol. The van der Waals surface area contributed by atoms with E-state index in [4.69, 9.17) is 26.2 Å². The minimum atomic E-state index is -1.04. The number of carboxylic acids is 1. The molecule has 0 aliphatic carbocycles. The summed E-state index contributed by atoms with van der Waals surface area (Å²) in [5.41, 5.74) is -0.0503. The van der Waals surface area contributed by atoms with Crippen molar-refractivity contribution in [3.63, 3.8) is 0 Å². The third kappa shape index (κ3) is 6.83. The second-order valence-corrected chi connectivity index (χ2v) is 6.84. The average Bonchev–Trinajstić information content (AvgIpc) is 2.60. The normalized spacial score (nSPS) is 10.9. The number of carbonyl (C=O) groups excluding carboxylic acids is 1. The van der Waals surface area contributed by atoms with Crippen molar-refractivity contribution in [3.05, 3.63) is 59.1 Å². The van der Waals surface area contributed by atoms with Gasteiger partial charge in [0, 0.05) is 11.6 Å². The molecule has 0 unspecified atom stereocenters. The van der Waals surface area contributed by atoms with E-state index in [2.05, 4.69) is 5.32 Å². The molecule has 7 heteroatoms. The molecule has 2 aromatic rings. The fourth-order valence-electron chi connectivity index (χ4n) is 2.30. The van der Waals surface area contributed by atoms with Gasteiger partial charge < -0.3 is 19.9 Å². The number of nitrogens with one attached hydrogen (secondary N) is 1. The Labute approximate surface area is 163 Å². The summed E-state index contributed by atoms with van der Waals surface area (Å²) in [4.78, 5) is 22.9. The van der Waals surface area contributed by atoms with Gasteiger partial charge in [0.1, 0.15) is 11.5 Å². The first-order chi connectivity index (χ1) is 12.8. The molecule has 0 aliphatic heterocycles. The Morgan fingerprint density at radius 3 is 2.44 bits per heavy atom. The summed E-state index contributed by atoms with van der Waals surface area (Å²) in [5.74, 6) is -0.242. The topological polar surface area (TPSA) is 84.9 Å². The van der Waals surface area contributed by atoms with Crippen LogP contribution in [0.2, 0.25) is 5.02 Å². The van der Waals surface area contributed by atoms with E-state index in [-0.39, 0.29) is 12.5 Å². The maximum atomic E-state index is 12.4. The summed E-state index contributed by atoms with van der Waals surface area (Å²) in [5, 5.41) is 12.0. The van der Waals surface area contributed by atoms with Crippen molar-refractivity contribution in [2.75, 3.05) is 13.2 Å². The number of amides is 1. The first-order valence-electron chi connectivity index (χ1n) is 8.43. The minimum Gasteiger partial charge on any atom is -0.482 e. The summed E-state index contributed by atoms with van der Waals surface area (Å²) in [6, 6.07) is 14.0. The lowest BCUT2D eigenvalue weighted by Gasteiger charge is -2.25. The van der Waals surface area contributed by atoms with E-state index in [9.17, 15) is 9.59 Å². The van der Waals surface area contributed by atoms with Crippen LogP contribution in [0, 0.1) is 0 Å². The Morgan fingerprint density at radius 1 is 1.11 bits per heavy atom. The van der Waals surface area contributed by atoms with Crippen LogP contribution in [-0.2, 0) is 16.0 Å². The number of halogens is 1. The number of hydrogen-bond acceptors (Lipinski definition) is 4. The van der Waals surface area contributed by atoms with Crippen molar-refractivity contribution in [3.8, 4) is 11.5 Å². The number of aliphatic carboxylic acids is 1. The third-order valence-corrected chi connectivity index (χ3v) is 3.94. The van der Waals surface area contributed by atoms with Crippen molar-refractivity contribution < 1.29 is 24.2 Å². The van der Waals surface area contributed by atoms with E-state index in [0.29, 0.717) is 29.5 Å². The van der Waals surface area contributed by atoms with E-state index < -0.39 is 11.6 Å². The highest BCUT2D eigenvalue weighted by molar-refractivity contribution is 6.30. The molecule has 0 saturated carbocycles. The molecule has 0 saturated heterocycles. The smallest absolute Gasteiger partial charge is 0.341 e. The van der Waals surface area contributed by atoms with Gasteiger partial charge in [0.15, 0.2) is 12.2 Å². The Hall–Kier alpha value is -2.73. The number of carboxylic acid groups (broad SMARTS) is 1. The standard InChI is InChI=1S/C20H22ClNO5/c1-20(2,27-17-5-3-4-15(21)12-17)19(25)22-11-10-14-6-8-16(9-7-14)26-13-18(23)24/h3-9,12H,10-11,13H2,1-2H3,(H,22,25)(H,23,24). The molecular formula is C20H22ClNO5. The molecule has 2 rings (SSSR count). The second kappa shape index (κ2) is 9.28. The molecule has 0 aromatic heterocycles. The first-order valence-corrected chi connectivity index (χ1v) is 8.80. The van der Waals surface area contributed by atoms with Gasteiger partial charge in [0.05, 0.1) is 0 Å². The molecule has 2 N–H and O–H groups in total. The quantitative estimate of drug-likeness (QED) is 0.685. The van der Waals surface area contributed by atoms with Crippen molar-refractivity contribution in [1.82, 2.24) is 5.32 Å². The lowest BCUT2D eigenvalue weighted by molar-refractivity contribution is -0.139. The molecule has 0 atom stereocenters. The van der Waals surface area contributed by atoms with Crippen LogP contribution >= 0.6 is 11.6 Å². The van der Waals surface area contributed by atoms with Gasteiger partial charge in [-0.15, -0.1) is 0 Å². The van der Waals surface area contributed by atoms with Crippen LogP contribution in [0.3, 0.4) is 0 Å². The maximum absolute atomic E-state index is 12.4. The Morgan fingerprint density at radius 2 is 1.81 bits per heavy atom. The number of hydrogen-bond donors (Lipinski definition) is 2. The van der Waals surface area contributed by atoms with Crippen molar-refractivity contribution in [2.45, 2.75) is 25.9 Å². The fraction of sp³-hybridized carbons (Fsp3) is 0.300. The SMILES string of the molecule is CC(C)(Oc1cccc(Cl)c1)C(=O)NCCc1ccc(OCC(=O)O)cc1. The van der Waals surface area contributed by atoms with Gasteiger partial charge >= 0.3 is 5.97 Å². The van der Waals surface area contributed by atoms with Crippen LogP contribution in [0.4, 0.5) is 0 Å². The number of ether oxygens (including phenoxy) is 2. The van der Waals surface area contributed by atoms with Crippen LogP contribution in [0.15, 0.2) is 48.5 Å². The van der Waals surface area contributed by atoms with Gasteiger partial charge in [0.25, 0.3) is 5.91 Å². The highest BCUT2D eigenvalue weighted by Crippen LogP contribution is 2.22. The van der Waals surface area contributed by atoms with E-state index >= 15 is 0 Å². The lowest BCUT2D eigenvalue weighted by Crippen LogP contribution is -2.47. The largest absolute Gasteiger partial charge is 0.482 e. The number of rotatable bonds is 9. The maximum Gasteiger partial charge on any atom is 0.341 e. The van der Waals surface area contributed by atoms with Gasteiger partial charge in [-0.3, -0.25) is 4.79 Å². The van der Waals surface area contributed by atoms with Gasteiger partial charge in [0.2, 0.25) is 0 Å². The zero-order valence-corrected chi connectivity index (χ0v) is 16.0. The zero-order valence-electron chi connectivity index (χ0n) is 15.2. The monoisotopic (exact) mass is 391 g/mol. The van der Waals surface area contributed by atoms with E-state index in [0.717, 1.165) is 5.56 Å². The molecule has 1 amide bonds. The number of carbonyl (C=O) groups is 2. The highest BCUT2D eigenvalue weighted by Gasteiger charge is 2.29. The fourth-order valence-corrected chi connectivity index (χ4v) is 2.48. The average molecular weight is 392 g/mol. The molecule has 0 spiro atoms. The molecule has 0 fully saturated rings. The van der Waals surface area contributed by atoms with Crippen molar-refractivity contribution in [2.24, 2.45) is 0 Å². The van der Waals surface area contributed by atoms with Crippen molar-refractivity contribution in [1.29, 1.82) is 0 Å². The summed E-state index contributed by atoms with van der Waals surface area (Å²) in [6.07, 6.45) is 0.623. The number of benzene rings is 2. The van der Waals surface area contributed by atoms with Gasteiger partial charge in [-0.05, 0) is 56.2 Å². The predicted molar refractivity (Wildman–Crippen MR) is 102 cm³/mol. The molecule has 144 valence electrons. The van der Waals surface area contributed by atoms with E-state index in [1.165, 1.54) is 0 Å². The van der Waals surface area contributed by atoms with E-state index in [1.807, 2.05) is 12.1 Å². The molecule has 6 nitrogen and oxygen atoms in total. The molecule has 27 heavy (non-hydrogen) atoms. The zero-order chi connectivity index (χ0) is 19.9. The molecule has 0 bridgehead atoms. The van der Waals surface area contributed by atoms with Gasteiger partial charge in [-0.2, -0.15) is 0 Å². The molecule has 2 aromatic carbocycles. The Kier molecular flexibility index (Phi) is 7.07. The Bertz CT molecular complexity index is 789. The summed E-state index contributed by atoms with van der Waals surface area (Å²) in [6.45, 7) is 3.45. The third-order valence-electron chi connectivity index (χ3n) is 3.70. The van der Waals surface area contributed by atoms with Gasteiger partial charge in [-0.1, -0.05) is 29.8 Å². The summed E-state index contributed by atoms with van der Waals surface area (Å²) < 4.78 is 10.8. The summed E-state index contributed by atoms with van der Waals surface area (Å²) >= 11 is 5.93. The van der Waals surface area contributed by atoms with Crippen LogP contribution in [0.25, 0.3) is 0 Å². The van der Waals surface area contributed by atoms with Crippen LogP contribution in [-0.4, -0.2) is 35.7 Å². The molecule has 0 heterocycles. The molecule has 0 aliphatic rings. The minimum absolute atomic E-state index is 0.233. The highest BCUT2D eigenvalue weighted by atomic mass is 35.5. The summed E-state index contributed by atoms with van der Waals surface area (Å²) in [7, 11) is 0. The van der Waals surface area contributed by atoms with E-state index in [1.54, 1.807) is 50.2 Å². The molecule has 0 radical (unpaired) electrons. The van der Waals surface area contributed by atoms with Crippen molar-refractivity contribution >= 4 is 23.5 Å². The second-order valence-electron chi connectivity index (χ2n) is 6.40. The van der Waals surface area contributed by atoms with Crippen LogP contribution in [0.5, 0.6) is 11.5 Å². The van der Waals surface area contributed by atoms with Crippen LogP contribution < -0.4 is 14.8 Å². The predicted octanol–water partition coefficient (Wildman–Crippen LogP) is 3.32. The first kappa shape index (κ1) is 20.6. The lowest BCUT2D eigenvalue weighted by atomic mass is 10.1. The van der Waals surface area contributed by atoms with Crippen LogP contribution in [0.1, 0.15) is 19.4 Å².